The minimum Gasteiger partial charge on any atom is -0.480 e. The summed E-state index contributed by atoms with van der Waals surface area (Å²) >= 11 is 0. The van der Waals surface area contributed by atoms with Crippen LogP contribution in [-0.4, -0.2) is 63.9 Å². The molecule has 7 N–H and O–H groups in total. The third-order valence-electron chi connectivity index (χ3n) is 2.37. The molecule has 0 unspecified atom stereocenters. The van der Waals surface area contributed by atoms with Crippen molar-refractivity contribution >= 4 is 17.8 Å². The van der Waals surface area contributed by atoms with Crippen LogP contribution >= 0.6 is 0 Å². The minimum atomic E-state index is -1.45. The Morgan fingerprint density at radius 1 is 1.16 bits per heavy atom. The molecule has 0 aromatic rings. The van der Waals surface area contributed by atoms with Gasteiger partial charge in [-0.05, 0) is 13.8 Å². The molecule has 0 heterocycles. The molecular formula is C10H19N3O6. The quantitative estimate of drug-likeness (QED) is 0.285. The number of hydrogen-bond donors (Lipinski definition) is 6. The number of amides is 2. The summed E-state index contributed by atoms with van der Waals surface area (Å²) in [5.74, 6) is -2.92. The van der Waals surface area contributed by atoms with Crippen molar-refractivity contribution in [1.29, 1.82) is 0 Å². The fraction of sp³-hybridized carbons (Fsp3) is 0.700. The van der Waals surface area contributed by atoms with Crippen molar-refractivity contribution in [2.75, 3.05) is 6.61 Å². The Kier molecular flexibility index (Phi) is 6.98. The van der Waals surface area contributed by atoms with Crippen molar-refractivity contribution < 1.29 is 29.7 Å². The zero-order valence-corrected chi connectivity index (χ0v) is 10.7. The molecular weight excluding hydrogens is 258 g/mol. The van der Waals surface area contributed by atoms with E-state index in [9.17, 15) is 14.4 Å². The van der Waals surface area contributed by atoms with Gasteiger partial charge in [-0.3, -0.25) is 9.59 Å². The van der Waals surface area contributed by atoms with Gasteiger partial charge in [0.1, 0.15) is 18.1 Å². The first kappa shape index (κ1) is 17.3. The molecule has 0 spiro atoms. The summed E-state index contributed by atoms with van der Waals surface area (Å²) in [5, 5.41) is 30.7. The second kappa shape index (κ2) is 7.67. The Balaban J connectivity index is 4.42. The van der Waals surface area contributed by atoms with Crippen molar-refractivity contribution in [3.05, 3.63) is 0 Å². The highest BCUT2D eigenvalue weighted by Crippen LogP contribution is 1.92. The smallest absolute Gasteiger partial charge is 0.328 e. The van der Waals surface area contributed by atoms with Crippen molar-refractivity contribution in [3.63, 3.8) is 0 Å². The molecule has 0 saturated heterocycles. The number of aliphatic carboxylic acids is 1. The number of nitrogens with one attached hydrogen (secondary N) is 2. The minimum absolute atomic E-state index is 0.742. The number of hydrogen-bond acceptors (Lipinski definition) is 6. The highest BCUT2D eigenvalue weighted by Gasteiger charge is 2.26. The molecule has 2 amide bonds. The maximum absolute atomic E-state index is 11.5. The number of carboxylic acids is 1. The number of aliphatic hydroxyl groups is 2. The summed E-state index contributed by atoms with van der Waals surface area (Å²) in [6.07, 6.45) is -1.08. The Morgan fingerprint density at radius 2 is 1.68 bits per heavy atom. The fourth-order valence-corrected chi connectivity index (χ4v) is 1.08. The first-order valence-corrected chi connectivity index (χ1v) is 5.58. The van der Waals surface area contributed by atoms with Crippen molar-refractivity contribution in [2.24, 2.45) is 5.73 Å². The summed E-state index contributed by atoms with van der Waals surface area (Å²) in [4.78, 5) is 33.6. The van der Waals surface area contributed by atoms with Gasteiger partial charge < -0.3 is 31.7 Å². The number of carbonyl (C=O) groups excluding carboxylic acids is 2. The van der Waals surface area contributed by atoms with E-state index < -0.39 is 48.6 Å². The molecule has 0 saturated carbocycles. The predicted molar refractivity (Wildman–Crippen MR) is 63.9 cm³/mol. The van der Waals surface area contributed by atoms with Crippen LogP contribution in [0.15, 0.2) is 0 Å². The van der Waals surface area contributed by atoms with Gasteiger partial charge in [-0.15, -0.1) is 0 Å². The summed E-state index contributed by atoms with van der Waals surface area (Å²) in [6, 6.07) is -3.69. The van der Waals surface area contributed by atoms with E-state index in [1.165, 1.54) is 13.8 Å². The largest absolute Gasteiger partial charge is 0.480 e. The van der Waals surface area contributed by atoms with Crippen LogP contribution in [-0.2, 0) is 14.4 Å². The maximum Gasteiger partial charge on any atom is 0.328 e. The Labute approximate surface area is 109 Å². The molecule has 19 heavy (non-hydrogen) atoms. The Morgan fingerprint density at radius 3 is 2.05 bits per heavy atom. The van der Waals surface area contributed by atoms with Crippen LogP contribution in [0.3, 0.4) is 0 Å². The number of aliphatic hydroxyl groups excluding tert-OH is 2. The van der Waals surface area contributed by atoms with Gasteiger partial charge >= 0.3 is 5.97 Å². The zero-order valence-electron chi connectivity index (χ0n) is 10.7. The number of carbonyl (C=O) groups is 3. The number of rotatable bonds is 7. The van der Waals surface area contributed by atoms with Crippen molar-refractivity contribution in [3.8, 4) is 0 Å². The molecule has 110 valence electrons. The van der Waals surface area contributed by atoms with E-state index in [1.807, 2.05) is 5.32 Å². The van der Waals surface area contributed by atoms with Gasteiger partial charge in [-0.1, -0.05) is 0 Å². The van der Waals surface area contributed by atoms with Gasteiger partial charge in [-0.25, -0.2) is 4.79 Å². The van der Waals surface area contributed by atoms with Crippen molar-refractivity contribution in [2.45, 2.75) is 38.1 Å². The van der Waals surface area contributed by atoms with Gasteiger partial charge in [-0.2, -0.15) is 0 Å². The summed E-state index contributed by atoms with van der Waals surface area (Å²) in [7, 11) is 0. The second-order valence-electron chi connectivity index (χ2n) is 4.08. The van der Waals surface area contributed by atoms with E-state index in [4.69, 9.17) is 21.1 Å². The summed E-state index contributed by atoms with van der Waals surface area (Å²) in [6.45, 7) is 1.87. The third kappa shape index (κ3) is 5.64. The highest BCUT2D eigenvalue weighted by atomic mass is 16.4. The van der Waals surface area contributed by atoms with Crippen LogP contribution < -0.4 is 16.4 Å². The molecule has 0 radical (unpaired) electrons. The molecule has 0 rings (SSSR count). The molecule has 9 heteroatoms. The monoisotopic (exact) mass is 277 g/mol. The molecule has 0 aromatic carbocycles. The SMILES string of the molecule is C[C@H](NC(=O)[C@@H](N)[C@@H](C)O)C(=O)N[C@@H](CO)C(=O)O. The van der Waals surface area contributed by atoms with Gasteiger partial charge in [0.05, 0.1) is 12.7 Å². The first-order valence-electron chi connectivity index (χ1n) is 5.58. The molecule has 9 nitrogen and oxygen atoms in total. The number of carboxylic acid groups (broad SMARTS) is 1. The summed E-state index contributed by atoms with van der Waals surface area (Å²) < 4.78 is 0. The van der Waals surface area contributed by atoms with E-state index in [0.717, 1.165) is 0 Å². The van der Waals surface area contributed by atoms with E-state index in [2.05, 4.69) is 5.32 Å². The third-order valence-corrected chi connectivity index (χ3v) is 2.37. The average molecular weight is 277 g/mol. The summed E-state index contributed by atoms with van der Waals surface area (Å²) in [5.41, 5.74) is 5.36. The second-order valence-corrected chi connectivity index (χ2v) is 4.08. The molecule has 0 aliphatic rings. The van der Waals surface area contributed by atoms with Crippen LogP contribution in [0.1, 0.15) is 13.8 Å². The lowest BCUT2D eigenvalue weighted by atomic mass is 10.1. The molecule has 0 aliphatic heterocycles. The standard InChI is InChI=1S/C10H19N3O6/c1-4(12-9(17)7(11)5(2)15)8(16)13-6(3-14)10(18)19/h4-7,14-15H,3,11H2,1-2H3,(H,12,17)(H,13,16)(H,18,19)/t4-,5+,6-,7-/m0/s1. The van der Waals surface area contributed by atoms with E-state index >= 15 is 0 Å². The fourth-order valence-electron chi connectivity index (χ4n) is 1.08. The molecule has 0 fully saturated rings. The molecule has 0 bridgehead atoms. The maximum atomic E-state index is 11.5. The topological polar surface area (TPSA) is 162 Å². The molecule has 4 atom stereocenters. The van der Waals surface area contributed by atoms with E-state index in [1.54, 1.807) is 0 Å². The zero-order chi connectivity index (χ0) is 15.2. The van der Waals surface area contributed by atoms with Crippen LogP contribution in [0, 0.1) is 0 Å². The van der Waals surface area contributed by atoms with Gasteiger partial charge in [0.2, 0.25) is 11.8 Å². The predicted octanol–water partition coefficient (Wildman–Crippen LogP) is -3.24. The molecule has 0 aliphatic carbocycles. The van der Waals surface area contributed by atoms with Crippen LogP contribution in [0.4, 0.5) is 0 Å². The normalized spacial score (nSPS) is 16.9. The first-order chi connectivity index (χ1) is 8.70. The van der Waals surface area contributed by atoms with Gasteiger partial charge in [0.15, 0.2) is 0 Å². The lowest BCUT2D eigenvalue weighted by Gasteiger charge is -2.20. The van der Waals surface area contributed by atoms with Crippen LogP contribution in [0.5, 0.6) is 0 Å². The average Bonchev–Trinajstić information content (AvgIpc) is 2.33. The van der Waals surface area contributed by atoms with Crippen molar-refractivity contribution in [1.82, 2.24) is 10.6 Å². The molecule has 0 aromatic heterocycles. The van der Waals surface area contributed by atoms with Crippen LogP contribution in [0.25, 0.3) is 0 Å². The highest BCUT2D eigenvalue weighted by molar-refractivity contribution is 5.91. The van der Waals surface area contributed by atoms with Gasteiger partial charge in [0.25, 0.3) is 0 Å². The number of nitrogens with two attached hydrogens (primary N) is 1. The van der Waals surface area contributed by atoms with Crippen LogP contribution in [0.2, 0.25) is 0 Å². The Hall–Kier alpha value is -1.71. The van der Waals surface area contributed by atoms with Gasteiger partial charge in [0, 0.05) is 0 Å². The Bertz CT molecular complexity index is 346. The van der Waals surface area contributed by atoms with E-state index in [0.29, 0.717) is 0 Å². The lowest BCUT2D eigenvalue weighted by molar-refractivity contribution is -0.143. The van der Waals surface area contributed by atoms with E-state index in [-0.39, 0.29) is 0 Å². The lowest BCUT2D eigenvalue weighted by Crippen LogP contribution is -2.55.